The molecule has 3 unspecified atom stereocenters. The van der Waals surface area contributed by atoms with Crippen molar-refractivity contribution in [3.8, 4) is 0 Å². The minimum atomic E-state index is -0.699. The molecule has 1 saturated carbocycles. The maximum absolute atomic E-state index is 13.8. The van der Waals surface area contributed by atoms with Gasteiger partial charge >= 0.3 is 0 Å². The summed E-state index contributed by atoms with van der Waals surface area (Å²) in [6.07, 6.45) is 2.93. The van der Waals surface area contributed by atoms with Gasteiger partial charge in [0.05, 0.1) is 6.04 Å². The monoisotopic (exact) mass is 470 g/mol. The molecule has 0 bridgehead atoms. The Kier molecular flexibility index (Phi) is 5.16. The highest BCUT2D eigenvalue weighted by Gasteiger charge is 2.49. The average molecular weight is 471 g/mol. The van der Waals surface area contributed by atoms with Crippen LogP contribution in [-0.4, -0.2) is 45.7 Å². The fourth-order valence-corrected chi connectivity index (χ4v) is 5.64. The molecule has 1 aromatic heterocycles. The molecule has 35 heavy (non-hydrogen) atoms. The highest BCUT2D eigenvalue weighted by Crippen LogP contribution is 2.46. The fourth-order valence-electron chi connectivity index (χ4n) is 5.64. The number of nitrogens with zero attached hydrogens (tertiary/aromatic N) is 1. The molecule has 3 N–H and O–H groups in total. The Morgan fingerprint density at radius 1 is 1.09 bits per heavy atom. The normalized spacial score (nSPS) is 21.5. The second-order valence-corrected chi connectivity index (χ2v) is 10.5. The molecule has 3 heterocycles. The topological polar surface area (TPSA) is 94.3 Å². The van der Waals surface area contributed by atoms with E-state index in [-0.39, 0.29) is 35.7 Å². The molecule has 0 radical (unpaired) electrons. The van der Waals surface area contributed by atoms with E-state index in [1.807, 2.05) is 56.3 Å². The van der Waals surface area contributed by atoms with Crippen LogP contribution in [0.15, 0.2) is 48.5 Å². The molecule has 0 spiro atoms. The second kappa shape index (κ2) is 8.26. The minimum absolute atomic E-state index is 0.134. The van der Waals surface area contributed by atoms with Crippen molar-refractivity contribution < 1.29 is 14.4 Å². The third kappa shape index (κ3) is 3.70. The van der Waals surface area contributed by atoms with Gasteiger partial charge in [0.1, 0.15) is 12.1 Å². The highest BCUT2D eigenvalue weighted by atomic mass is 16.2. The molecule has 6 rings (SSSR count). The molecule has 180 valence electrons. The van der Waals surface area contributed by atoms with E-state index >= 15 is 0 Å². The van der Waals surface area contributed by atoms with Crippen LogP contribution in [0, 0.1) is 5.92 Å². The molecule has 3 aliphatic rings. The van der Waals surface area contributed by atoms with E-state index < -0.39 is 12.1 Å². The fraction of sp³-hybridized carbons (Fsp3) is 0.393. The number of H-pyrrole nitrogens is 1. The molecule has 2 aromatic carbocycles. The number of hydrogen-bond acceptors (Lipinski definition) is 3. The van der Waals surface area contributed by atoms with Crippen molar-refractivity contribution >= 4 is 28.6 Å². The number of hydrogen-bond donors (Lipinski definition) is 3. The first-order valence-corrected chi connectivity index (χ1v) is 12.5. The Bertz CT molecular complexity index is 1340. The van der Waals surface area contributed by atoms with Crippen molar-refractivity contribution in [1.82, 2.24) is 20.5 Å². The smallest absolute Gasteiger partial charge is 0.255 e. The van der Waals surface area contributed by atoms with E-state index in [0.29, 0.717) is 18.4 Å². The van der Waals surface area contributed by atoms with E-state index in [1.165, 1.54) is 0 Å². The maximum atomic E-state index is 13.8. The first kappa shape index (κ1) is 21.9. The highest BCUT2D eigenvalue weighted by molar-refractivity contribution is 6.04. The van der Waals surface area contributed by atoms with Crippen LogP contribution in [0.25, 0.3) is 10.9 Å². The number of rotatable bonds is 6. The largest absolute Gasteiger partial charge is 0.356 e. The van der Waals surface area contributed by atoms with Crippen molar-refractivity contribution in [2.75, 3.05) is 0 Å². The van der Waals surface area contributed by atoms with Gasteiger partial charge in [-0.15, -0.1) is 0 Å². The van der Waals surface area contributed by atoms with Gasteiger partial charge < -0.3 is 20.5 Å². The number of nitrogens with one attached hydrogen (secondary N) is 3. The Balaban J connectivity index is 1.38. The van der Waals surface area contributed by atoms with Crippen LogP contribution in [0.2, 0.25) is 0 Å². The molecular formula is C28H30N4O3. The van der Waals surface area contributed by atoms with Gasteiger partial charge in [-0.25, -0.2) is 0 Å². The van der Waals surface area contributed by atoms with Crippen molar-refractivity contribution in [2.24, 2.45) is 5.92 Å². The summed E-state index contributed by atoms with van der Waals surface area (Å²) in [4.78, 5) is 45.6. The SMILES string of the molecule is CC(C)CC(NC(=O)C1Cc2c([nH]c3ccccc23)C2c3ccccc3C(=O)N12)C(=O)NC1CC1. The third-order valence-corrected chi connectivity index (χ3v) is 7.42. The predicted molar refractivity (Wildman–Crippen MR) is 133 cm³/mol. The number of para-hydroxylation sites is 1. The molecule has 3 aromatic rings. The van der Waals surface area contributed by atoms with Gasteiger partial charge in [0.2, 0.25) is 11.8 Å². The van der Waals surface area contributed by atoms with Crippen LogP contribution < -0.4 is 10.6 Å². The number of carbonyl (C=O) groups is 3. The zero-order valence-corrected chi connectivity index (χ0v) is 20.0. The van der Waals surface area contributed by atoms with E-state index in [4.69, 9.17) is 0 Å². The lowest BCUT2D eigenvalue weighted by molar-refractivity contribution is -0.132. The number of benzene rings is 2. The van der Waals surface area contributed by atoms with Crippen molar-refractivity contribution in [3.63, 3.8) is 0 Å². The van der Waals surface area contributed by atoms with Crippen LogP contribution in [-0.2, 0) is 16.0 Å². The van der Waals surface area contributed by atoms with Crippen LogP contribution in [0.4, 0.5) is 0 Å². The summed E-state index contributed by atoms with van der Waals surface area (Å²) in [6, 6.07) is 14.2. The van der Waals surface area contributed by atoms with Crippen molar-refractivity contribution in [3.05, 3.63) is 70.9 Å². The standard InChI is InChI=1S/C28H30N4O3/c1-15(2)13-22(26(33)29-16-11-12-16)31-27(34)23-14-20-17-7-5-6-10-21(17)30-24(20)25-18-8-3-4-9-19(18)28(35)32(23)25/h3-10,15-16,22-23,25,30H,11-14H2,1-2H3,(H,29,33)(H,31,34). The Labute approximate surface area is 204 Å². The van der Waals surface area contributed by atoms with Gasteiger partial charge in [0.15, 0.2) is 0 Å². The molecule has 2 aliphatic heterocycles. The Morgan fingerprint density at radius 2 is 1.83 bits per heavy atom. The quantitative estimate of drug-likeness (QED) is 0.515. The van der Waals surface area contributed by atoms with Gasteiger partial charge in [-0.05, 0) is 48.4 Å². The minimum Gasteiger partial charge on any atom is -0.356 e. The lowest BCUT2D eigenvalue weighted by Gasteiger charge is -2.37. The first-order chi connectivity index (χ1) is 16.9. The molecule has 7 nitrogen and oxygen atoms in total. The summed E-state index contributed by atoms with van der Waals surface area (Å²) >= 11 is 0. The van der Waals surface area contributed by atoms with Crippen LogP contribution in [0.5, 0.6) is 0 Å². The molecular weight excluding hydrogens is 440 g/mol. The Hall–Kier alpha value is -3.61. The number of carbonyl (C=O) groups excluding carboxylic acids is 3. The van der Waals surface area contributed by atoms with Gasteiger partial charge in [-0.2, -0.15) is 0 Å². The van der Waals surface area contributed by atoms with Gasteiger partial charge in [0.25, 0.3) is 5.91 Å². The summed E-state index contributed by atoms with van der Waals surface area (Å²) in [5.74, 6) is -0.311. The maximum Gasteiger partial charge on any atom is 0.255 e. The van der Waals surface area contributed by atoms with E-state index in [9.17, 15) is 14.4 Å². The number of aromatic nitrogens is 1. The lowest BCUT2D eigenvalue weighted by atomic mass is 9.89. The average Bonchev–Trinajstić information content (AvgIpc) is 3.51. The summed E-state index contributed by atoms with van der Waals surface area (Å²) in [7, 11) is 0. The molecule has 1 aliphatic carbocycles. The van der Waals surface area contributed by atoms with Crippen LogP contribution >= 0.6 is 0 Å². The van der Waals surface area contributed by atoms with E-state index in [2.05, 4.69) is 21.7 Å². The second-order valence-electron chi connectivity index (χ2n) is 10.5. The van der Waals surface area contributed by atoms with Gasteiger partial charge in [-0.3, -0.25) is 14.4 Å². The number of amides is 3. The van der Waals surface area contributed by atoms with Crippen LogP contribution in [0.1, 0.15) is 66.3 Å². The lowest BCUT2D eigenvalue weighted by Crippen LogP contribution is -2.57. The zero-order valence-electron chi connectivity index (χ0n) is 20.0. The first-order valence-electron chi connectivity index (χ1n) is 12.5. The van der Waals surface area contributed by atoms with Crippen molar-refractivity contribution in [2.45, 2.75) is 63.7 Å². The number of aromatic amines is 1. The summed E-state index contributed by atoms with van der Waals surface area (Å²) < 4.78 is 0. The van der Waals surface area contributed by atoms with Crippen molar-refractivity contribution in [1.29, 1.82) is 0 Å². The van der Waals surface area contributed by atoms with E-state index in [1.54, 1.807) is 4.90 Å². The Morgan fingerprint density at radius 3 is 2.60 bits per heavy atom. The summed E-state index contributed by atoms with van der Waals surface area (Å²) in [6.45, 7) is 4.08. The van der Waals surface area contributed by atoms with E-state index in [0.717, 1.165) is 40.6 Å². The summed E-state index contributed by atoms with van der Waals surface area (Å²) in [5.41, 5.74) is 4.57. The number of fused-ring (bicyclic) bond motifs is 7. The van der Waals surface area contributed by atoms with Crippen LogP contribution in [0.3, 0.4) is 0 Å². The summed E-state index contributed by atoms with van der Waals surface area (Å²) in [5, 5.41) is 7.13. The third-order valence-electron chi connectivity index (χ3n) is 7.42. The zero-order chi connectivity index (χ0) is 24.3. The molecule has 7 heteroatoms. The molecule has 3 amide bonds. The van der Waals surface area contributed by atoms with Gasteiger partial charge in [0, 0.05) is 34.6 Å². The molecule has 0 saturated heterocycles. The predicted octanol–water partition coefficient (Wildman–Crippen LogP) is 3.45. The molecule has 1 fully saturated rings. The van der Waals surface area contributed by atoms with Gasteiger partial charge in [-0.1, -0.05) is 50.2 Å². The molecule has 3 atom stereocenters.